The Morgan fingerprint density at radius 1 is 0.862 bits per heavy atom. The Hall–Kier alpha value is -3.51. The highest BCUT2D eigenvalue weighted by Crippen LogP contribution is 2.22. The van der Waals surface area contributed by atoms with E-state index in [2.05, 4.69) is 10.6 Å². The van der Waals surface area contributed by atoms with Gasteiger partial charge in [-0.15, -0.1) is 0 Å². The Balaban J connectivity index is 1.51. The number of hydrogen-bond donors (Lipinski definition) is 2. The van der Waals surface area contributed by atoms with Crippen LogP contribution in [0.25, 0.3) is 0 Å². The van der Waals surface area contributed by atoms with Crippen molar-refractivity contribution in [2.45, 2.75) is 0 Å². The number of halogens is 1. The van der Waals surface area contributed by atoms with Gasteiger partial charge in [0, 0.05) is 11.3 Å². The number of carbonyl (C=O) groups is 2. The fourth-order valence-electron chi connectivity index (χ4n) is 2.48. The average Bonchev–Trinajstić information content (AvgIpc) is 2.75. The van der Waals surface area contributed by atoms with Gasteiger partial charge in [-0.2, -0.15) is 0 Å². The standard InChI is InChI=1S/C22H19ClN2O4/c1-28-17-12-8-16(9-13-17)24-21(26)14-29-18-10-6-15(7-11-18)22(27)25-20-5-3-2-4-19(20)23/h2-13H,14H2,1H3,(H,24,26)(H,25,27). The normalized spacial score (nSPS) is 10.1. The molecule has 0 atom stereocenters. The lowest BCUT2D eigenvalue weighted by atomic mass is 10.2. The van der Waals surface area contributed by atoms with Crippen LogP contribution in [-0.2, 0) is 4.79 Å². The molecule has 3 aromatic rings. The Morgan fingerprint density at radius 3 is 2.17 bits per heavy atom. The summed E-state index contributed by atoms with van der Waals surface area (Å²) in [7, 11) is 1.58. The number of methoxy groups -OCH3 is 1. The van der Waals surface area contributed by atoms with Gasteiger partial charge in [-0.1, -0.05) is 23.7 Å². The quantitative estimate of drug-likeness (QED) is 0.596. The lowest BCUT2D eigenvalue weighted by molar-refractivity contribution is -0.118. The van der Waals surface area contributed by atoms with Crippen LogP contribution in [-0.4, -0.2) is 25.5 Å². The molecule has 0 unspecified atom stereocenters. The van der Waals surface area contributed by atoms with E-state index < -0.39 is 0 Å². The third-order valence-corrected chi connectivity index (χ3v) is 4.31. The number of para-hydroxylation sites is 1. The van der Waals surface area contributed by atoms with Crippen LogP contribution in [0.4, 0.5) is 11.4 Å². The predicted octanol–water partition coefficient (Wildman–Crippen LogP) is 4.62. The Morgan fingerprint density at radius 2 is 1.52 bits per heavy atom. The van der Waals surface area contributed by atoms with Gasteiger partial charge < -0.3 is 20.1 Å². The van der Waals surface area contributed by atoms with E-state index in [-0.39, 0.29) is 18.4 Å². The lowest BCUT2D eigenvalue weighted by Gasteiger charge is -2.09. The van der Waals surface area contributed by atoms with Crippen molar-refractivity contribution < 1.29 is 19.1 Å². The summed E-state index contributed by atoms with van der Waals surface area (Å²) in [6.45, 7) is -0.156. The Labute approximate surface area is 173 Å². The van der Waals surface area contributed by atoms with Crippen molar-refractivity contribution in [2.24, 2.45) is 0 Å². The van der Waals surface area contributed by atoms with Crippen LogP contribution in [0, 0.1) is 0 Å². The van der Waals surface area contributed by atoms with Gasteiger partial charge >= 0.3 is 0 Å². The van der Waals surface area contributed by atoms with Crippen LogP contribution in [0.1, 0.15) is 10.4 Å². The van der Waals surface area contributed by atoms with Gasteiger partial charge in [-0.25, -0.2) is 0 Å². The number of ether oxygens (including phenoxy) is 2. The number of amides is 2. The molecule has 0 radical (unpaired) electrons. The van der Waals surface area contributed by atoms with Crippen molar-refractivity contribution in [1.29, 1.82) is 0 Å². The van der Waals surface area contributed by atoms with Crippen LogP contribution in [0.5, 0.6) is 11.5 Å². The first kappa shape index (κ1) is 20.2. The molecule has 3 aromatic carbocycles. The second-order valence-electron chi connectivity index (χ2n) is 6.02. The van der Waals surface area contributed by atoms with Crippen LogP contribution in [0.2, 0.25) is 5.02 Å². The lowest BCUT2D eigenvalue weighted by Crippen LogP contribution is -2.20. The smallest absolute Gasteiger partial charge is 0.262 e. The van der Waals surface area contributed by atoms with Crippen LogP contribution in [0.3, 0.4) is 0 Å². The summed E-state index contributed by atoms with van der Waals surface area (Å²) in [5.41, 5.74) is 1.63. The minimum Gasteiger partial charge on any atom is -0.497 e. The fraction of sp³-hybridized carbons (Fsp3) is 0.0909. The molecule has 0 aliphatic carbocycles. The summed E-state index contributed by atoms with van der Waals surface area (Å²) in [4.78, 5) is 24.3. The molecule has 3 rings (SSSR count). The van der Waals surface area contributed by atoms with Crippen molar-refractivity contribution in [1.82, 2.24) is 0 Å². The van der Waals surface area contributed by atoms with E-state index in [0.717, 1.165) is 0 Å². The van der Waals surface area contributed by atoms with E-state index in [9.17, 15) is 9.59 Å². The Kier molecular flexibility index (Phi) is 6.71. The van der Waals surface area contributed by atoms with Gasteiger partial charge in [0.15, 0.2) is 6.61 Å². The van der Waals surface area contributed by atoms with E-state index >= 15 is 0 Å². The molecule has 0 aliphatic heterocycles. The van der Waals surface area contributed by atoms with Crippen LogP contribution >= 0.6 is 11.6 Å². The SMILES string of the molecule is COc1ccc(NC(=O)COc2ccc(C(=O)Nc3ccccc3Cl)cc2)cc1. The Bertz CT molecular complexity index is 988. The zero-order valence-corrected chi connectivity index (χ0v) is 16.4. The molecule has 0 fully saturated rings. The van der Waals surface area contributed by atoms with E-state index in [1.165, 1.54) is 0 Å². The van der Waals surface area contributed by atoms with Gasteiger partial charge in [0.05, 0.1) is 17.8 Å². The zero-order chi connectivity index (χ0) is 20.6. The van der Waals surface area contributed by atoms with Crippen molar-refractivity contribution in [3.8, 4) is 11.5 Å². The topological polar surface area (TPSA) is 76.7 Å². The molecule has 0 saturated carbocycles. The molecule has 29 heavy (non-hydrogen) atoms. The second kappa shape index (κ2) is 9.61. The monoisotopic (exact) mass is 410 g/mol. The minimum absolute atomic E-state index is 0.156. The molecule has 0 aliphatic rings. The third kappa shape index (κ3) is 5.73. The molecule has 2 N–H and O–H groups in total. The maximum Gasteiger partial charge on any atom is 0.262 e. The van der Waals surface area contributed by atoms with Crippen molar-refractivity contribution >= 4 is 34.8 Å². The van der Waals surface area contributed by atoms with E-state index in [4.69, 9.17) is 21.1 Å². The molecule has 0 spiro atoms. The molecular formula is C22H19ClN2O4. The molecular weight excluding hydrogens is 392 g/mol. The van der Waals surface area contributed by atoms with Crippen molar-refractivity contribution in [2.75, 3.05) is 24.4 Å². The first-order valence-corrected chi connectivity index (χ1v) is 9.15. The molecule has 7 heteroatoms. The van der Waals surface area contributed by atoms with Crippen molar-refractivity contribution in [3.05, 3.63) is 83.4 Å². The first-order chi connectivity index (χ1) is 14.0. The van der Waals surface area contributed by atoms with Gasteiger partial charge in [-0.3, -0.25) is 9.59 Å². The fourth-order valence-corrected chi connectivity index (χ4v) is 2.66. The summed E-state index contributed by atoms with van der Waals surface area (Å²) in [6, 6.07) is 20.5. The number of carbonyl (C=O) groups excluding carboxylic acids is 2. The molecule has 0 bridgehead atoms. The number of rotatable bonds is 7. The van der Waals surface area contributed by atoms with Crippen LogP contribution < -0.4 is 20.1 Å². The molecule has 6 nitrogen and oxygen atoms in total. The maximum absolute atomic E-state index is 12.3. The minimum atomic E-state index is -0.296. The first-order valence-electron chi connectivity index (χ1n) is 8.78. The van der Waals surface area contributed by atoms with Gasteiger partial charge in [0.2, 0.25) is 0 Å². The zero-order valence-electron chi connectivity index (χ0n) is 15.6. The second-order valence-corrected chi connectivity index (χ2v) is 6.43. The average molecular weight is 411 g/mol. The van der Waals surface area contributed by atoms with Gasteiger partial charge in [0.1, 0.15) is 11.5 Å². The summed E-state index contributed by atoms with van der Waals surface area (Å²) >= 11 is 6.05. The number of anilines is 2. The number of nitrogens with one attached hydrogen (secondary N) is 2. The summed E-state index contributed by atoms with van der Waals surface area (Å²) in [6.07, 6.45) is 0. The summed E-state index contributed by atoms with van der Waals surface area (Å²) in [5.74, 6) is 0.597. The molecule has 2 amide bonds. The van der Waals surface area contributed by atoms with Gasteiger partial charge in [-0.05, 0) is 60.7 Å². The summed E-state index contributed by atoms with van der Waals surface area (Å²) < 4.78 is 10.5. The molecule has 148 valence electrons. The highest BCUT2D eigenvalue weighted by Gasteiger charge is 2.09. The van der Waals surface area contributed by atoms with E-state index in [0.29, 0.717) is 33.5 Å². The predicted molar refractivity (Wildman–Crippen MR) is 113 cm³/mol. The number of hydrogen-bond acceptors (Lipinski definition) is 4. The van der Waals surface area contributed by atoms with Crippen molar-refractivity contribution in [3.63, 3.8) is 0 Å². The van der Waals surface area contributed by atoms with Gasteiger partial charge in [0.25, 0.3) is 11.8 Å². The molecule has 0 aromatic heterocycles. The highest BCUT2D eigenvalue weighted by atomic mass is 35.5. The molecule has 0 saturated heterocycles. The highest BCUT2D eigenvalue weighted by molar-refractivity contribution is 6.33. The number of benzene rings is 3. The van der Waals surface area contributed by atoms with E-state index in [1.807, 2.05) is 0 Å². The largest absolute Gasteiger partial charge is 0.497 e. The van der Waals surface area contributed by atoms with Crippen LogP contribution in [0.15, 0.2) is 72.8 Å². The third-order valence-electron chi connectivity index (χ3n) is 3.98. The maximum atomic E-state index is 12.3. The van der Waals surface area contributed by atoms with E-state index in [1.54, 1.807) is 79.9 Å². The molecule has 0 heterocycles. The summed E-state index contributed by atoms with van der Waals surface area (Å²) in [5, 5.41) is 5.94.